The van der Waals surface area contributed by atoms with Gasteiger partial charge in [0.05, 0.1) is 6.61 Å². The second-order valence-electron chi connectivity index (χ2n) is 4.98. The van der Waals surface area contributed by atoms with E-state index in [-0.39, 0.29) is 5.91 Å². The van der Waals surface area contributed by atoms with Crippen molar-refractivity contribution in [3.8, 4) is 0 Å². The zero-order valence-electron chi connectivity index (χ0n) is 11.4. The average Bonchev–Trinajstić information content (AvgIpc) is 2.91. The Labute approximate surface area is 114 Å². The number of carbonyl (C=O) groups excluding carboxylic acids is 1. The summed E-state index contributed by atoms with van der Waals surface area (Å²) in [5.74, 6) is 0.117. The van der Waals surface area contributed by atoms with Gasteiger partial charge in [0.1, 0.15) is 0 Å². The number of rotatable bonds is 6. The van der Waals surface area contributed by atoms with Crippen LogP contribution in [0.25, 0.3) is 0 Å². The van der Waals surface area contributed by atoms with E-state index in [4.69, 9.17) is 4.74 Å². The van der Waals surface area contributed by atoms with E-state index in [1.807, 2.05) is 24.3 Å². The van der Waals surface area contributed by atoms with E-state index in [2.05, 4.69) is 10.6 Å². The van der Waals surface area contributed by atoms with E-state index in [0.717, 1.165) is 24.1 Å². The third-order valence-electron chi connectivity index (χ3n) is 3.49. The third kappa shape index (κ3) is 4.33. The molecule has 0 spiro atoms. The normalized spacial score (nSPS) is 18.5. The Morgan fingerprint density at radius 3 is 2.89 bits per heavy atom. The van der Waals surface area contributed by atoms with Crippen molar-refractivity contribution in [2.75, 3.05) is 13.7 Å². The minimum atomic E-state index is 0.117. The zero-order valence-corrected chi connectivity index (χ0v) is 11.4. The summed E-state index contributed by atoms with van der Waals surface area (Å²) in [6.07, 6.45) is 2.86. The quantitative estimate of drug-likeness (QED) is 0.818. The van der Waals surface area contributed by atoms with E-state index in [1.165, 1.54) is 6.42 Å². The van der Waals surface area contributed by atoms with Gasteiger partial charge in [-0.3, -0.25) is 4.79 Å². The number of carbonyl (C=O) groups is 1. The highest BCUT2D eigenvalue weighted by atomic mass is 16.5. The molecule has 4 nitrogen and oxygen atoms in total. The summed E-state index contributed by atoms with van der Waals surface area (Å²) in [4.78, 5) is 11.9. The van der Waals surface area contributed by atoms with Crippen molar-refractivity contribution in [1.29, 1.82) is 0 Å². The molecule has 0 aromatic heterocycles. The van der Waals surface area contributed by atoms with E-state index >= 15 is 0 Å². The highest BCUT2D eigenvalue weighted by molar-refractivity contribution is 5.76. The van der Waals surface area contributed by atoms with Gasteiger partial charge in [-0.15, -0.1) is 0 Å². The van der Waals surface area contributed by atoms with E-state index in [0.29, 0.717) is 25.6 Å². The minimum Gasteiger partial charge on any atom is -0.380 e. The highest BCUT2D eigenvalue weighted by Crippen LogP contribution is 2.11. The summed E-state index contributed by atoms with van der Waals surface area (Å²) in [5.41, 5.74) is 2.25. The molecule has 0 radical (unpaired) electrons. The van der Waals surface area contributed by atoms with Crippen LogP contribution in [0.2, 0.25) is 0 Å². The highest BCUT2D eigenvalue weighted by Gasteiger charge is 2.17. The first-order chi connectivity index (χ1) is 9.29. The molecule has 104 valence electrons. The first-order valence-corrected chi connectivity index (χ1v) is 6.85. The summed E-state index contributed by atoms with van der Waals surface area (Å²) in [7, 11) is 1.68. The maximum Gasteiger partial charge on any atom is 0.221 e. The Hall–Kier alpha value is -1.39. The number of methoxy groups -OCH3 is 1. The third-order valence-corrected chi connectivity index (χ3v) is 3.49. The standard InChI is InChI=1S/C15H22N2O2/c1-19-11-13-6-3-2-5-12(13)10-17-15(18)9-14-7-4-8-16-14/h2-3,5-6,14,16H,4,7-11H2,1H3,(H,17,18). The largest absolute Gasteiger partial charge is 0.380 e. The maximum absolute atomic E-state index is 11.9. The fourth-order valence-corrected chi connectivity index (χ4v) is 2.45. The lowest BCUT2D eigenvalue weighted by Gasteiger charge is -2.12. The Morgan fingerprint density at radius 2 is 2.21 bits per heavy atom. The molecule has 1 fully saturated rings. The molecule has 2 rings (SSSR count). The van der Waals surface area contributed by atoms with Gasteiger partial charge in [-0.05, 0) is 30.5 Å². The van der Waals surface area contributed by atoms with Crippen LogP contribution >= 0.6 is 0 Å². The fraction of sp³-hybridized carbons (Fsp3) is 0.533. The lowest BCUT2D eigenvalue weighted by atomic mass is 10.1. The number of nitrogens with one attached hydrogen (secondary N) is 2. The number of hydrogen-bond donors (Lipinski definition) is 2. The molecular weight excluding hydrogens is 240 g/mol. The lowest BCUT2D eigenvalue weighted by Crippen LogP contribution is -2.31. The second kappa shape index (κ2) is 7.26. The predicted molar refractivity (Wildman–Crippen MR) is 74.6 cm³/mol. The van der Waals surface area contributed by atoms with Gasteiger partial charge in [-0.1, -0.05) is 24.3 Å². The molecule has 1 saturated heterocycles. The monoisotopic (exact) mass is 262 g/mol. The second-order valence-corrected chi connectivity index (χ2v) is 4.98. The summed E-state index contributed by atoms with van der Waals surface area (Å²) in [6.45, 7) is 2.19. The van der Waals surface area contributed by atoms with Crippen LogP contribution in [0, 0.1) is 0 Å². The average molecular weight is 262 g/mol. The fourth-order valence-electron chi connectivity index (χ4n) is 2.45. The molecule has 2 N–H and O–H groups in total. The summed E-state index contributed by atoms with van der Waals surface area (Å²) >= 11 is 0. The molecule has 0 saturated carbocycles. The van der Waals surface area contributed by atoms with E-state index < -0.39 is 0 Å². The van der Waals surface area contributed by atoms with Gasteiger partial charge < -0.3 is 15.4 Å². The topological polar surface area (TPSA) is 50.4 Å². The van der Waals surface area contributed by atoms with Crippen LogP contribution in [0.1, 0.15) is 30.4 Å². The van der Waals surface area contributed by atoms with Crippen molar-refractivity contribution in [1.82, 2.24) is 10.6 Å². The lowest BCUT2D eigenvalue weighted by molar-refractivity contribution is -0.121. The maximum atomic E-state index is 11.9. The summed E-state index contributed by atoms with van der Waals surface area (Å²) in [6, 6.07) is 8.39. The molecule has 0 bridgehead atoms. The Balaban J connectivity index is 1.82. The molecule has 1 atom stereocenters. The van der Waals surface area contributed by atoms with Crippen molar-refractivity contribution in [2.24, 2.45) is 0 Å². The Kier molecular flexibility index (Phi) is 5.36. The smallest absolute Gasteiger partial charge is 0.221 e. The number of ether oxygens (including phenoxy) is 1. The molecule has 1 aromatic carbocycles. The van der Waals surface area contributed by atoms with Gasteiger partial charge in [0.25, 0.3) is 0 Å². The van der Waals surface area contributed by atoms with Gasteiger partial charge in [0.2, 0.25) is 5.91 Å². The van der Waals surface area contributed by atoms with Crippen molar-refractivity contribution >= 4 is 5.91 Å². The van der Waals surface area contributed by atoms with Crippen LogP contribution in [0.4, 0.5) is 0 Å². The molecule has 1 amide bonds. The first-order valence-electron chi connectivity index (χ1n) is 6.85. The van der Waals surface area contributed by atoms with Gasteiger partial charge in [0.15, 0.2) is 0 Å². The molecule has 0 aliphatic carbocycles. The van der Waals surface area contributed by atoms with Crippen molar-refractivity contribution in [2.45, 2.75) is 38.5 Å². The van der Waals surface area contributed by atoms with Crippen LogP contribution in [-0.2, 0) is 22.7 Å². The molecule has 1 aromatic rings. The van der Waals surface area contributed by atoms with Crippen LogP contribution in [0.3, 0.4) is 0 Å². The van der Waals surface area contributed by atoms with Crippen LogP contribution in [0.5, 0.6) is 0 Å². The number of benzene rings is 1. The van der Waals surface area contributed by atoms with Gasteiger partial charge in [-0.2, -0.15) is 0 Å². The van der Waals surface area contributed by atoms with Crippen molar-refractivity contribution < 1.29 is 9.53 Å². The van der Waals surface area contributed by atoms with Crippen molar-refractivity contribution in [3.63, 3.8) is 0 Å². The molecule has 1 heterocycles. The van der Waals surface area contributed by atoms with Crippen LogP contribution in [0.15, 0.2) is 24.3 Å². The van der Waals surface area contributed by atoms with Gasteiger partial charge in [0, 0.05) is 26.1 Å². The van der Waals surface area contributed by atoms with Gasteiger partial charge in [-0.25, -0.2) is 0 Å². The zero-order chi connectivity index (χ0) is 13.5. The van der Waals surface area contributed by atoms with E-state index in [1.54, 1.807) is 7.11 Å². The van der Waals surface area contributed by atoms with Gasteiger partial charge >= 0.3 is 0 Å². The SMILES string of the molecule is COCc1ccccc1CNC(=O)CC1CCCN1. The van der Waals surface area contributed by atoms with Crippen molar-refractivity contribution in [3.05, 3.63) is 35.4 Å². The Bertz CT molecular complexity index is 414. The Morgan fingerprint density at radius 1 is 1.42 bits per heavy atom. The molecule has 4 heteroatoms. The molecular formula is C15H22N2O2. The van der Waals surface area contributed by atoms with E-state index in [9.17, 15) is 4.79 Å². The summed E-state index contributed by atoms with van der Waals surface area (Å²) < 4.78 is 5.16. The predicted octanol–water partition coefficient (Wildman–Crippen LogP) is 1.59. The molecule has 1 unspecified atom stereocenters. The minimum absolute atomic E-state index is 0.117. The van der Waals surface area contributed by atoms with Crippen LogP contribution < -0.4 is 10.6 Å². The summed E-state index contributed by atoms with van der Waals surface area (Å²) in [5, 5.41) is 6.33. The molecule has 1 aliphatic heterocycles. The first kappa shape index (κ1) is 14.0. The molecule has 1 aliphatic rings. The number of amides is 1. The van der Waals surface area contributed by atoms with Crippen LogP contribution in [-0.4, -0.2) is 25.6 Å². The number of hydrogen-bond acceptors (Lipinski definition) is 3. The molecule has 19 heavy (non-hydrogen) atoms.